The van der Waals surface area contributed by atoms with E-state index in [2.05, 4.69) is 15.5 Å². The van der Waals surface area contributed by atoms with E-state index in [0.29, 0.717) is 67.9 Å². The summed E-state index contributed by atoms with van der Waals surface area (Å²) in [7, 11) is -3.27. The smallest absolute Gasteiger partial charge is 0.365 e. The van der Waals surface area contributed by atoms with E-state index in [1.165, 1.54) is 18.2 Å². The van der Waals surface area contributed by atoms with E-state index in [-0.39, 0.29) is 23.9 Å². The highest BCUT2D eigenvalue weighted by molar-refractivity contribution is 7.32. The molecule has 1 aliphatic heterocycles. The highest BCUT2D eigenvalue weighted by atomic mass is 31.1. The average Bonchev–Trinajstić information content (AvgIpc) is 3.65. The number of anilines is 1. The van der Waals surface area contributed by atoms with Gasteiger partial charge in [0.1, 0.15) is 17.3 Å². The van der Waals surface area contributed by atoms with Gasteiger partial charge in [0.05, 0.1) is 44.0 Å². The van der Waals surface area contributed by atoms with Gasteiger partial charge < -0.3 is 43.7 Å². The summed E-state index contributed by atoms with van der Waals surface area (Å²) in [6, 6.07) is 12.2. The van der Waals surface area contributed by atoms with Crippen LogP contribution < -0.4 is 24.8 Å². The molecular weight excluding hydrogens is 707 g/mol. The Hall–Kier alpha value is -4.85. The van der Waals surface area contributed by atoms with E-state index in [4.69, 9.17) is 23.3 Å². The fraction of sp³-hybridized carbons (Fsp3) is 0.459. The van der Waals surface area contributed by atoms with Crippen LogP contribution in [0.15, 0.2) is 52.9 Å². The molecule has 3 unspecified atom stereocenters. The van der Waals surface area contributed by atoms with Gasteiger partial charge in [0.2, 0.25) is 12.3 Å². The Balaban J connectivity index is 1.40. The fourth-order valence-corrected chi connectivity index (χ4v) is 6.45. The number of hydrogen-bond acceptors (Lipinski definition) is 11. The minimum absolute atomic E-state index is 0.0486. The number of unbranched alkanes of at least 4 members (excludes halogenated alkanes) is 2. The Bertz CT molecular complexity index is 1730. The standard InChI is InChI=1S/C37H49N4O11P/c1-5-8-9-10-31(32(6-2)41(24-42)51-37(45)30-12-11-27(19-25(30)4)40-15-17-48-18-16-40)35(43)38-23-39-36(44)34-14-13-33(50-34)26-20-28(49-7-3)22-29(21-26)52-53(46)47/h11-14,19-22,24,31-32,53H,5-10,15-18,23H2,1-4H3,(H,38,43)(H,39,44)(H,46,47). The molecule has 3 aromatic rings. The quantitative estimate of drug-likeness (QED) is 0.0447. The number of carbonyl (C=O) groups is 4. The van der Waals surface area contributed by atoms with Gasteiger partial charge in [-0.1, -0.05) is 33.1 Å². The molecule has 288 valence electrons. The van der Waals surface area contributed by atoms with Gasteiger partial charge in [-0.2, -0.15) is 5.06 Å². The van der Waals surface area contributed by atoms with Crippen LogP contribution >= 0.6 is 8.25 Å². The van der Waals surface area contributed by atoms with Crippen LogP contribution in [0.2, 0.25) is 0 Å². The number of morpholine rings is 1. The molecule has 0 bridgehead atoms. The average molecular weight is 757 g/mol. The van der Waals surface area contributed by atoms with Crippen molar-refractivity contribution < 1.29 is 51.9 Å². The summed E-state index contributed by atoms with van der Waals surface area (Å²) < 4.78 is 32.9. The molecule has 3 atom stereocenters. The van der Waals surface area contributed by atoms with Gasteiger partial charge in [0, 0.05) is 30.4 Å². The SMILES string of the molecule is CCCCCC(C(=O)NCNC(=O)c1ccc(-c2cc(OCC)cc(O[PH](=O)O)c2)o1)C(CC)N(C=O)OC(=O)c1ccc(N2CCOCC2)cc1C. The normalized spacial score (nSPS) is 14.4. The van der Waals surface area contributed by atoms with Crippen LogP contribution in [0, 0.1) is 12.8 Å². The molecule has 2 heterocycles. The largest absolute Gasteiger partial charge is 0.494 e. The number of rotatable bonds is 20. The molecule has 1 fully saturated rings. The number of amides is 3. The first-order valence-electron chi connectivity index (χ1n) is 17.8. The molecule has 0 aliphatic carbocycles. The Labute approximate surface area is 309 Å². The van der Waals surface area contributed by atoms with Crippen molar-refractivity contribution in [2.45, 2.75) is 65.8 Å². The summed E-state index contributed by atoms with van der Waals surface area (Å²) in [6.45, 7) is 10.3. The number of nitrogens with zero attached hydrogens (tertiary/aromatic N) is 2. The number of nitrogens with one attached hydrogen (secondary N) is 2. The summed E-state index contributed by atoms with van der Waals surface area (Å²) in [6.07, 6.45) is 3.61. The molecule has 16 heteroatoms. The Kier molecular flexibility index (Phi) is 15.8. The first kappa shape index (κ1) is 40.9. The predicted molar refractivity (Wildman–Crippen MR) is 197 cm³/mol. The third-order valence-corrected chi connectivity index (χ3v) is 9.20. The van der Waals surface area contributed by atoms with Gasteiger partial charge in [0.15, 0.2) is 5.76 Å². The summed E-state index contributed by atoms with van der Waals surface area (Å²) in [5, 5.41) is 6.26. The maximum Gasteiger partial charge on any atom is 0.365 e. The minimum atomic E-state index is -3.27. The van der Waals surface area contributed by atoms with Crippen molar-refractivity contribution in [3.05, 3.63) is 65.4 Å². The van der Waals surface area contributed by atoms with Gasteiger partial charge in [-0.05, 0) is 74.7 Å². The van der Waals surface area contributed by atoms with E-state index in [1.54, 1.807) is 39.0 Å². The number of hydroxylamine groups is 2. The lowest BCUT2D eigenvalue weighted by Crippen LogP contribution is -2.49. The summed E-state index contributed by atoms with van der Waals surface area (Å²) in [5.74, 6) is -1.79. The van der Waals surface area contributed by atoms with Crippen LogP contribution in [-0.2, 0) is 23.7 Å². The van der Waals surface area contributed by atoms with Gasteiger partial charge in [0.25, 0.3) is 5.91 Å². The van der Waals surface area contributed by atoms with Crippen molar-refractivity contribution in [3.63, 3.8) is 0 Å². The van der Waals surface area contributed by atoms with Gasteiger partial charge >= 0.3 is 14.2 Å². The van der Waals surface area contributed by atoms with Crippen LogP contribution in [-0.4, -0.2) is 79.8 Å². The second kappa shape index (κ2) is 20.4. The maximum absolute atomic E-state index is 13.6. The molecule has 3 amide bonds. The Morgan fingerprint density at radius 1 is 1.02 bits per heavy atom. The molecule has 53 heavy (non-hydrogen) atoms. The van der Waals surface area contributed by atoms with Crippen molar-refractivity contribution in [2.24, 2.45) is 5.92 Å². The van der Waals surface area contributed by atoms with Crippen molar-refractivity contribution in [1.82, 2.24) is 15.7 Å². The second-order valence-corrected chi connectivity index (χ2v) is 13.1. The van der Waals surface area contributed by atoms with Crippen LogP contribution in [0.25, 0.3) is 11.3 Å². The third kappa shape index (κ3) is 11.6. The number of carbonyl (C=O) groups excluding carboxylic acids is 4. The maximum atomic E-state index is 13.6. The Morgan fingerprint density at radius 3 is 2.43 bits per heavy atom. The minimum Gasteiger partial charge on any atom is -0.494 e. The zero-order valence-electron chi connectivity index (χ0n) is 30.6. The highest BCUT2D eigenvalue weighted by Crippen LogP contribution is 2.34. The molecule has 0 spiro atoms. The highest BCUT2D eigenvalue weighted by Gasteiger charge is 2.34. The Morgan fingerprint density at radius 2 is 1.77 bits per heavy atom. The molecule has 3 N–H and O–H groups in total. The van der Waals surface area contributed by atoms with E-state index in [0.717, 1.165) is 36.7 Å². The lowest BCUT2D eigenvalue weighted by atomic mass is 9.90. The van der Waals surface area contributed by atoms with Crippen LogP contribution in [0.3, 0.4) is 0 Å². The second-order valence-electron chi connectivity index (χ2n) is 12.4. The molecule has 0 saturated carbocycles. The van der Waals surface area contributed by atoms with E-state index < -0.39 is 38.0 Å². The number of aryl methyl sites for hydroxylation is 1. The van der Waals surface area contributed by atoms with Crippen LogP contribution in [0.4, 0.5) is 5.69 Å². The first-order valence-corrected chi connectivity index (χ1v) is 19.1. The number of benzene rings is 2. The number of ether oxygens (including phenoxy) is 2. The monoisotopic (exact) mass is 756 g/mol. The molecule has 0 radical (unpaired) electrons. The van der Waals surface area contributed by atoms with E-state index in [9.17, 15) is 28.6 Å². The van der Waals surface area contributed by atoms with Crippen molar-refractivity contribution >= 4 is 38.1 Å². The molecule has 4 rings (SSSR count). The summed E-state index contributed by atoms with van der Waals surface area (Å²) in [4.78, 5) is 69.3. The molecule has 1 aliphatic rings. The molecular formula is C37H49N4O11P. The summed E-state index contributed by atoms with van der Waals surface area (Å²) >= 11 is 0. The molecule has 1 saturated heterocycles. The topological polar surface area (TPSA) is 186 Å². The number of furan rings is 1. The molecule has 1 aromatic heterocycles. The third-order valence-electron chi connectivity index (χ3n) is 8.79. The van der Waals surface area contributed by atoms with Gasteiger partial charge in [-0.15, -0.1) is 0 Å². The zero-order valence-corrected chi connectivity index (χ0v) is 31.6. The molecule has 15 nitrogen and oxygen atoms in total. The zero-order chi connectivity index (χ0) is 38.3. The lowest BCUT2D eigenvalue weighted by molar-refractivity contribution is -0.171. The fourth-order valence-electron chi connectivity index (χ4n) is 6.13. The van der Waals surface area contributed by atoms with Gasteiger partial charge in [-0.25, -0.2) is 9.36 Å². The summed E-state index contributed by atoms with van der Waals surface area (Å²) in [5.41, 5.74) is 2.40. The van der Waals surface area contributed by atoms with E-state index in [1.807, 2.05) is 19.1 Å². The van der Waals surface area contributed by atoms with E-state index >= 15 is 0 Å². The lowest BCUT2D eigenvalue weighted by Gasteiger charge is -2.32. The van der Waals surface area contributed by atoms with Crippen LogP contribution in [0.5, 0.6) is 11.5 Å². The van der Waals surface area contributed by atoms with Crippen LogP contribution in [0.1, 0.15) is 79.4 Å². The first-order chi connectivity index (χ1) is 25.6. The van der Waals surface area contributed by atoms with Crippen molar-refractivity contribution in [1.29, 1.82) is 0 Å². The molecule has 2 aromatic carbocycles. The van der Waals surface area contributed by atoms with Gasteiger partial charge in [-0.3, -0.25) is 14.4 Å². The van der Waals surface area contributed by atoms with Crippen molar-refractivity contribution in [3.8, 4) is 22.8 Å². The predicted octanol–water partition coefficient (Wildman–Crippen LogP) is 5.26. The number of hydrogen-bond donors (Lipinski definition) is 3. The van der Waals surface area contributed by atoms with Crippen molar-refractivity contribution in [2.75, 3.05) is 44.5 Å².